The van der Waals surface area contributed by atoms with Gasteiger partial charge in [-0.05, 0) is 0 Å². The molecule has 0 saturated heterocycles. The fraction of sp³-hybridized carbons (Fsp3) is 0.333. The van der Waals surface area contributed by atoms with Crippen LogP contribution in [0.1, 0.15) is 11.1 Å². The van der Waals surface area contributed by atoms with Gasteiger partial charge in [0.15, 0.2) is 5.43 Å². The topological polar surface area (TPSA) is 105 Å². The van der Waals surface area contributed by atoms with Gasteiger partial charge in [-0.1, -0.05) is 0 Å². The molecule has 4 N–H and O–H groups in total. The zero-order valence-electron chi connectivity index (χ0n) is 8.87. The summed E-state index contributed by atoms with van der Waals surface area (Å²) in [6.45, 7) is -0.506. The normalized spacial score (nSPS) is 11.3. The lowest BCUT2D eigenvalue weighted by Gasteiger charge is -2.12. The Morgan fingerprint density at radius 3 is 2.56 bits per heavy atom. The number of carboxylic acid groups (broad SMARTS) is 1. The van der Waals surface area contributed by atoms with Crippen molar-refractivity contribution < 1.29 is 27.8 Å². The van der Waals surface area contributed by atoms with Crippen LogP contribution in [0.3, 0.4) is 0 Å². The number of carboxylic acids is 1. The van der Waals surface area contributed by atoms with Crippen molar-refractivity contribution in [2.75, 3.05) is 0 Å². The van der Waals surface area contributed by atoms with Gasteiger partial charge in [0.25, 0.3) is 0 Å². The molecule has 0 aliphatic carbocycles. The number of H-pyrrole nitrogens is 1. The molecule has 0 unspecified atom stereocenters. The van der Waals surface area contributed by atoms with E-state index in [-0.39, 0.29) is 5.56 Å². The van der Waals surface area contributed by atoms with E-state index in [1.165, 1.54) is 0 Å². The summed E-state index contributed by atoms with van der Waals surface area (Å²) >= 11 is 0. The van der Waals surface area contributed by atoms with E-state index < -0.39 is 42.2 Å². The molecule has 0 fully saturated rings. The highest BCUT2D eigenvalue weighted by Gasteiger charge is 2.33. The summed E-state index contributed by atoms with van der Waals surface area (Å²) < 4.78 is 39.6. The summed E-state index contributed by atoms with van der Waals surface area (Å²) in [5.41, 5.74) is 3.63. The number of aliphatic carboxylic acids is 1. The molecule has 0 radical (unpaired) electrons. The Balaban J connectivity index is 3.21. The number of hydrogen-bond donors (Lipinski definition) is 3. The molecule has 1 rings (SSSR count). The highest BCUT2D eigenvalue weighted by molar-refractivity contribution is 5.70. The average Bonchev–Trinajstić information content (AvgIpc) is 2.20. The van der Waals surface area contributed by atoms with Gasteiger partial charge >= 0.3 is 12.3 Å². The van der Waals surface area contributed by atoms with Crippen molar-refractivity contribution in [2.24, 2.45) is 5.73 Å². The number of rotatable bonds is 4. The van der Waals surface area contributed by atoms with Crippen molar-refractivity contribution in [3.63, 3.8) is 0 Å². The van der Waals surface area contributed by atoms with Gasteiger partial charge in [0.05, 0.1) is 12.0 Å². The van der Waals surface area contributed by atoms with Crippen molar-refractivity contribution in [3.05, 3.63) is 27.5 Å². The third-order valence-corrected chi connectivity index (χ3v) is 1.98. The number of alkyl halides is 3. The van der Waals surface area contributed by atoms with E-state index in [1.807, 2.05) is 0 Å². The number of ether oxygens (including phenoxy) is 1. The van der Waals surface area contributed by atoms with Crippen LogP contribution >= 0.6 is 0 Å². The molecule has 0 spiro atoms. The zero-order valence-corrected chi connectivity index (χ0v) is 8.87. The first-order valence-electron chi connectivity index (χ1n) is 4.65. The van der Waals surface area contributed by atoms with E-state index in [0.29, 0.717) is 0 Å². The summed E-state index contributed by atoms with van der Waals surface area (Å²) in [6.07, 6.45) is -4.73. The van der Waals surface area contributed by atoms with Crippen molar-refractivity contribution >= 4 is 5.97 Å². The summed E-state index contributed by atoms with van der Waals surface area (Å²) in [5, 5.41) is 8.52. The van der Waals surface area contributed by atoms with Gasteiger partial charge in [-0.15, -0.1) is 13.2 Å². The minimum atomic E-state index is -4.97. The highest BCUT2D eigenvalue weighted by atomic mass is 19.4. The molecule has 0 aromatic carbocycles. The molecule has 0 bridgehead atoms. The van der Waals surface area contributed by atoms with Crippen molar-refractivity contribution in [3.8, 4) is 5.88 Å². The Hall–Kier alpha value is -2.03. The summed E-state index contributed by atoms with van der Waals surface area (Å²) in [7, 11) is 0. The molecule has 9 heteroatoms. The molecule has 0 aliphatic rings. The first kappa shape index (κ1) is 14.0. The monoisotopic (exact) mass is 266 g/mol. The first-order valence-corrected chi connectivity index (χ1v) is 4.65. The molecule has 0 saturated carbocycles. The Labute approximate surface area is 98.2 Å². The molecule has 100 valence electrons. The van der Waals surface area contributed by atoms with Gasteiger partial charge < -0.3 is 20.6 Å². The second-order valence-corrected chi connectivity index (χ2v) is 3.27. The van der Waals surface area contributed by atoms with Gasteiger partial charge in [-0.25, -0.2) is 0 Å². The number of aromatic amines is 1. The van der Waals surface area contributed by atoms with Crippen LogP contribution in [0.25, 0.3) is 0 Å². The maximum Gasteiger partial charge on any atom is 0.574 e. The predicted octanol–water partition coefficient (Wildman–Crippen LogP) is 0.359. The number of aromatic nitrogens is 1. The van der Waals surface area contributed by atoms with Gasteiger partial charge in [-0.3, -0.25) is 9.59 Å². The largest absolute Gasteiger partial charge is 0.574 e. The van der Waals surface area contributed by atoms with Crippen molar-refractivity contribution in [1.29, 1.82) is 0 Å². The third-order valence-electron chi connectivity index (χ3n) is 1.98. The maximum atomic E-state index is 12.0. The third kappa shape index (κ3) is 3.48. The number of carbonyl (C=O) groups is 1. The molecule has 1 aromatic heterocycles. The Kier molecular flexibility index (Phi) is 3.96. The van der Waals surface area contributed by atoms with Crippen LogP contribution in [-0.4, -0.2) is 22.4 Å². The van der Waals surface area contributed by atoms with Crippen LogP contribution < -0.4 is 15.9 Å². The smallest absolute Gasteiger partial charge is 0.481 e. The van der Waals surface area contributed by atoms with Crippen LogP contribution in [0.2, 0.25) is 0 Å². The van der Waals surface area contributed by atoms with E-state index in [9.17, 15) is 22.8 Å². The van der Waals surface area contributed by atoms with Crippen LogP contribution in [-0.2, 0) is 17.8 Å². The Morgan fingerprint density at radius 1 is 1.50 bits per heavy atom. The van der Waals surface area contributed by atoms with Gasteiger partial charge in [0.2, 0.25) is 5.88 Å². The zero-order chi connectivity index (χ0) is 13.9. The molecule has 6 nitrogen and oxygen atoms in total. The van der Waals surface area contributed by atoms with E-state index in [2.05, 4.69) is 9.72 Å². The number of hydrogen-bond acceptors (Lipinski definition) is 4. The van der Waals surface area contributed by atoms with Crippen LogP contribution in [0.5, 0.6) is 5.88 Å². The lowest BCUT2D eigenvalue weighted by Crippen LogP contribution is -2.25. The van der Waals surface area contributed by atoms with E-state index in [1.54, 1.807) is 0 Å². The molecular weight excluding hydrogens is 257 g/mol. The van der Waals surface area contributed by atoms with E-state index in [4.69, 9.17) is 10.8 Å². The molecular formula is C9H9F3N2O4. The average molecular weight is 266 g/mol. The Morgan fingerprint density at radius 2 is 2.11 bits per heavy atom. The van der Waals surface area contributed by atoms with Crippen molar-refractivity contribution in [2.45, 2.75) is 19.3 Å². The minimum Gasteiger partial charge on any atom is -0.481 e. The van der Waals surface area contributed by atoms with Crippen LogP contribution in [0.15, 0.2) is 11.0 Å². The number of nitrogens with one attached hydrogen (secondary N) is 1. The SMILES string of the molecule is NCc1c(OC(F)(F)F)[nH]cc(CC(=O)O)c1=O. The number of nitrogens with two attached hydrogens (primary N) is 1. The lowest BCUT2D eigenvalue weighted by atomic mass is 10.1. The summed E-state index contributed by atoms with van der Waals surface area (Å²) in [6, 6.07) is 0. The fourth-order valence-corrected chi connectivity index (χ4v) is 1.29. The minimum absolute atomic E-state index is 0.197. The Bertz CT molecular complexity index is 510. The molecule has 1 aromatic rings. The molecule has 18 heavy (non-hydrogen) atoms. The van der Waals surface area contributed by atoms with Crippen LogP contribution in [0.4, 0.5) is 13.2 Å². The fourth-order valence-electron chi connectivity index (χ4n) is 1.29. The number of pyridine rings is 1. The van der Waals surface area contributed by atoms with Gasteiger partial charge in [0, 0.05) is 18.3 Å². The first-order chi connectivity index (χ1) is 8.24. The van der Waals surface area contributed by atoms with E-state index in [0.717, 1.165) is 6.20 Å². The second-order valence-electron chi connectivity index (χ2n) is 3.27. The maximum absolute atomic E-state index is 12.0. The molecule has 0 aliphatic heterocycles. The van der Waals surface area contributed by atoms with Gasteiger partial charge in [0.1, 0.15) is 0 Å². The van der Waals surface area contributed by atoms with E-state index >= 15 is 0 Å². The van der Waals surface area contributed by atoms with Gasteiger partial charge in [-0.2, -0.15) is 0 Å². The van der Waals surface area contributed by atoms with Crippen LogP contribution in [0, 0.1) is 0 Å². The van der Waals surface area contributed by atoms with Crippen molar-refractivity contribution in [1.82, 2.24) is 4.98 Å². The second kappa shape index (κ2) is 5.08. The molecule has 0 amide bonds. The molecule has 0 atom stereocenters. The predicted molar refractivity (Wildman–Crippen MR) is 53.0 cm³/mol. The standard InChI is InChI=1S/C9H9F3N2O4/c10-9(11,12)18-8-5(2-13)7(17)4(3-14-8)1-6(15)16/h3H,1-2,13H2,(H,14,17)(H,15,16). The summed E-state index contributed by atoms with van der Waals surface area (Å²) in [4.78, 5) is 24.1. The quantitative estimate of drug-likeness (QED) is 0.729. The number of halogens is 3. The lowest BCUT2D eigenvalue weighted by molar-refractivity contribution is -0.276. The highest BCUT2D eigenvalue weighted by Crippen LogP contribution is 2.22. The summed E-state index contributed by atoms with van der Waals surface area (Å²) in [5.74, 6) is -2.11. The molecule has 1 heterocycles.